The molecule has 0 aromatic heterocycles. The molecule has 2 atom stereocenters. The van der Waals surface area contributed by atoms with E-state index in [-0.39, 0.29) is 11.7 Å². The minimum Gasteiger partial charge on any atom is -0.409 e. The van der Waals surface area contributed by atoms with E-state index >= 15 is 0 Å². The molecule has 5 heteroatoms. The smallest absolute Gasteiger partial charge is 0.253 e. The number of benzene rings is 1. The van der Waals surface area contributed by atoms with E-state index in [1.807, 2.05) is 11.9 Å². The van der Waals surface area contributed by atoms with Gasteiger partial charge in [0.25, 0.3) is 5.91 Å². The van der Waals surface area contributed by atoms with Gasteiger partial charge >= 0.3 is 0 Å². The largest absolute Gasteiger partial charge is 0.409 e. The molecule has 2 unspecified atom stereocenters. The normalized spacial score (nSPS) is 22.9. The Hall–Kier alpha value is -2.04. The molecule has 1 aliphatic rings. The highest BCUT2D eigenvalue weighted by molar-refractivity contribution is 6.01. The summed E-state index contributed by atoms with van der Waals surface area (Å²) in [5.74, 6) is 0.669. The quantitative estimate of drug-likeness (QED) is 0.388. The van der Waals surface area contributed by atoms with E-state index in [0.717, 1.165) is 12.8 Å². The molecule has 5 nitrogen and oxygen atoms in total. The summed E-state index contributed by atoms with van der Waals surface area (Å²) in [6.07, 6.45) is 4.54. The third kappa shape index (κ3) is 3.54. The van der Waals surface area contributed by atoms with Crippen LogP contribution in [0.2, 0.25) is 0 Å². The summed E-state index contributed by atoms with van der Waals surface area (Å²) >= 11 is 0. The van der Waals surface area contributed by atoms with E-state index in [0.29, 0.717) is 23.1 Å². The topological polar surface area (TPSA) is 78.9 Å². The Morgan fingerprint density at radius 1 is 1.38 bits per heavy atom. The number of hydrogen-bond donors (Lipinski definition) is 2. The summed E-state index contributed by atoms with van der Waals surface area (Å²) in [7, 11) is 1.86. The van der Waals surface area contributed by atoms with Crippen LogP contribution in [-0.2, 0) is 0 Å². The summed E-state index contributed by atoms with van der Waals surface area (Å²) in [4.78, 5) is 14.4. The standard InChI is InChI=1S/C16H23N3O2/c1-11-5-3-8-14(9-11)19(2)16(20)13-7-4-6-12(10-13)15(17)18-21/h4,6-7,10-11,14,21H,3,5,8-9H2,1-2H3,(H2,17,18). The van der Waals surface area contributed by atoms with Crippen LogP contribution in [0.1, 0.15) is 48.5 Å². The molecule has 3 N–H and O–H groups in total. The fourth-order valence-electron chi connectivity index (χ4n) is 2.99. The molecule has 21 heavy (non-hydrogen) atoms. The number of nitrogens with zero attached hydrogens (tertiary/aromatic N) is 2. The van der Waals surface area contributed by atoms with Gasteiger partial charge in [-0.3, -0.25) is 4.79 Å². The van der Waals surface area contributed by atoms with Crippen LogP contribution in [0.4, 0.5) is 0 Å². The number of carbonyl (C=O) groups is 1. The lowest BCUT2D eigenvalue weighted by molar-refractivity contribution is 0.0672. The van der Waals surface area contributed by atoms with Crippen LogP contribution in [-0.4, -0.2) is 34.9 Å². The van der Waals surface area contributed by atoms with Gasteiger partial charge in [-0.15, -0.1) is 0 Å². The van der Waals surface area contributed by atoms with Crippen LogP contribution in [0.3, 0.4) is 0 Å². The summed E-state index contributed by atoms with van der Waals surface area (Å²) in [6.45, 7) is 2.24. The van der Waals surface area contributed by atoms with Crippen molar-refractivity contribution < 1.29 is 10.0 Å². The van der Waals surface area contributed by atoms with Crippen molar-refractivity contribution in [3.63, 3.8) is 0 Å². The molecule has 0 bridgehead atoms. The van der Waals surface area contributed by atoms with Crippen molar-refractivity contribution in [3.05, 3.63) is 35.4 Å². The van der Waals surface area contributed by atoms with Crippen molar-refractivity contribution in [1.82, 2.24) is 4.90 Å². The molecule has 1 aliphatic carbocycles. The van der Waals surface area contributed by atoms with Gasteiger partial charge in [-0.2, -0.15) is 0 Å². The first-order valence-electron chi connectivity index (χ1n) is 7.38. The van der Waals surface area contributed by atoms with Gasteiger partial charge in [-0.05, 0) is 30.9 Å². The first-order chi connectivity index (χ1) is 10.0. The highest BCUT2D eigenvalue weighted by Crippen LogP contribution is 2.27. The number of carbonyl (C=O) groups excluding carboxylic acids is 1. The predicted molar refractivity (Wildman–Crippen MR) is 82.5 cm³/mol. The van der Waals surface area contributed by atoms with Gasteiger partial charge in [-0.25, -0.2) is 0 Å². The van der Waals surface area contributed by atoms with Crippen molar-refractivity contribution in [1.29, 1.82) is 0 Å². The maximum atomic E-state index is 12.6. The number of rotatable bonds is 3. The van der Waals surface area contributed by atoms with Crippen LogP contribution in [0, 0.1) is 5.92 Å². The Bertz CT molecular complexity index is 542. The SMILES string of the molecule is CC1CCCC(N(C)C(=O)c2cccc(C(N)=NO)c2)C1. The van der Waals surface area contributed by atoms with Gasteiger partial charge in [0.05, 0.1) is 0 Å². The Kier molecular flexibility index (Phi) is 4.83. The van der Waals surface area contributed by atoms with Gasteiger partial charge in [0.1, 0.15) is 0 Å². The van der Waals surface area contributed by atoms with E-state index in [1.165, 1.54) is 12.8 Å². The molecule has 1 amide bonds. The monoisotopic (exact) mass is 289 g/mol. The molecule has 1 aromatic rings. The van der Waals surface area contributed by atoms with Crippen LogP contribution in [0.15, 0.2) is 29.4 Å². The number of amidine groups is 1. The van der Waals surface area contributed by atoms with E-state index < -0.39 is 0 Å². The summed E-state index contributed by atoms with van der Waals surface area (Å²) in [6, 6.07) is 7.19. The lowest BCUT2D eigenvalue weighted by Gasteiger charge is -2.34. The fourth-order valence-corrected chi connectivity index (χ4v) is 2.99. The minimum atomic E-state index is -0.0123. The minimum absolute atomic E-state index is 0.0123. The van der Waals surface area contributed by atoms with Gasteiger partial charge < -0.3 is 15.8 Å². The van der Waals surface area contributed by atoms with Crippen LogP contribution >= 0.6 is 0 Å². The van der Waals surface area contributed by atoms with Crippen LogP contribution < -0.4 is 5.73 Å². The molecule has 1 saturated carbocycles. The van der Waals surface area contributed by atoms with Gasteiger partial charge in [0.2, 0.25) is 0 Å². The molecule has 1 fully saturated rings. The van der Waals surface area contributed by atoms with Crippen LogP contribution in [0.5, 0.6) is 0 Å². The van der Waals surface area contributed by atoms with Crippen molar-refractivity contribution in [2.24, 2.45) is 16.8 Å². The Balaban J connectivity index is 2.15. The lowest BCUT2D eigenvalue weighted by Crippen LogP contribution is -2.39. The molecule has 0 radical (unpaired) electrons. The van der Waals surface area contributed by atoms with E-state index in [2.05, 4.69) is 12.1 Å². The average molecular weight is 289 g/mol. The summed E-state index contributed by atoms with van der Waals surface area (Å²) < 4.78 is 0. The predicted octanol–water partition coefficient (Wildman–Crippen LogP) is 2.43. The van der Waals surface area contributed by atoms with Gasteiger partial charge in [-0.1, -0.05) is 37.1 Å². The molecule has 0 aliphatic heterocycles. The number of hydrogen-bond acceptors (Lipinski definition) is 3. The molecule has 0 spiro atoms. The van der Waals surface area contributed by atoms with Crippen molar-refractivity contribution >= 4 is 11.7 Å². The Labute approximate surface area is 125 Å². The molecule has 0 heterocycles. The van der Waals surface area contributed by atoms with E-state index in [9.17, 15) is 4.79 Å². The maximum Gasteiger partial charge on any atom is 0.253 e. The molecule has 0 saturated heterocycles. The average Bonchev–Trinajstić information content (AvgIpc) is 2.52. The second-order valence-electron chi connectivity index (χ2n) is 5.91. The van der Waals surface area contributed by atoms with Crippen molar-refractivity contribution in [2.45, 2.75) is 38.6 Å². The Morgan fingerprint density at radius 3 is 2.76 bits per heavy atom. The lowest BCUT2D eigenvalue weighted by atomic mass is 9.86. The first kappa shape index (κ1) is 15.4. The highest BCUT2D eigenvalue weighted by atomic mass is 16.4. The first-order valence-corrected chi connectivity index (χ1v) is 7.38. The van der Waals surface area contributed by atoms with E-state index in [4.69, 9.17) is 10.9 Å². The molecule has 114 valence electrons. The molecule has 2 rings (SSSR count). The molecular formula is C16H23N3O2. The van der Waals surface area contributed by atoms with Crippen molar-refractivity contribution in [2.75, 3.05) is 7.05 Å². The second-order valence-corrected chi connectivity index (χ2v) is 5.91. The zero-order chi connectivity index (χ0) is 15.4. The molecule has 1 aromatic carbocycles. The van der Waals surface area contributed by atoms with Gasteiger partial charge in [0, 0.05) is 24.2 Å². The summed E-state index contributed by atoms with van der Waals surface area (Å²) in [5.41, 5.74) is 6.69. The van der Waals surface area contributed by atoms with Crippen LogP contribution in [0.25, 0.3) is 0 Å². The third-order valence-electron chi connectivity index (χ3n) is 4.29. The highest BCUT2D eigenvalue weighted by Gasteiger charge is 2.26. The van der Waals surface area contributed by atoms with E-state index in [1.54, 1.807) is 24.3 Å². The second kappa shape index (κ2) is 6.61. The zero-order valence-electron chi connectivity index (χ0n) is 12.6. The number of oxime groups is 1. The number of nitrogens with two attached hydrogens (primary N) is 1. The number of amides is 1. The fraction of sp³-hybridized carbons (Fsp3) is 0.500. The third-order valence-corrected chi connectivity index (χ3v) is 4.29. The zero-order valence-corrected chi connectivity index (χ0v) is 12.6. The van der Waals surface area contributed by atoms with Crippen molar-refractivity contribution in [3.8, 4) is 0 Å². The van der Waals surface area contributed by atoms with Gasteiger partial charge in [0.15, 0.2) is 5.84 Å². The summed E-state index contributed by atoms with van der Waals surface area (Å²) in [5, 5.41) is 11.7. The maximum absolute atomic E-state index is 12.6. The Morgan fingerprint density at radius 2 is 2.10 bits per heavy atom. The molecular weight excluding hydrogens is 266 g/mol.